The highest BCUT2D eigenvalue weighted by Crippen LogP contribution is 2.40. The van der Waals surface area contributed by atoms with Crippen molar-refractivity contribution >= 4 is 11.7 Å². The molecule has 0 fully saturated rings. The van der Waals surface area contributed by atoms with Gasteiger partial charge >= 0.3 is 5.97 Å². The number of nitrogens with one attached hydrogen (secondary N) is 1. The van der Waals surface area contributed by atoms with Gasteiger partial charge in [0.05, 0.1) is 18.3 Å². The van der Waals surface area contributed by atoms with E-state index in [1.165, 1.54) is 31.4 Å². The van der Waals surface area contributed by atoms with Crippen molar-refractivity contribution in [1.82, 2.24) is 0 Å². The summed E-state index contributed by atoms with van der Waals surface area (Å²) in [5.74, 6) is -0.564. The van der Waals surface area contributed by atoms with Crippen LogP contribution in [0.2, 0.25) is 0 Å². The number of ether oxygens (including phenoxy) is 2. The summed E-state index contributed by atoms with van der Waals surface area (Å²) in [7, 11) is 1.53. The van der Waals surface area contributed by atoms with Gasteiger partial charge in [0.15, 0.2) is 0 Å². The van der Waals surface area contributed by atoms with Gasteiger partial charge in [-0.15, -0.1) is 0 Å². The van der Waals surface area contributed by atoms with Crippen molar-refractivity contribution in [3.05, 3.63) is 94.6 Å². The lowest BCUT2D eigenvalue weighted by Crippen LogP contribution is -2.42. The van der Waals surface area contributed by atoms with Crippen LogP contribution < -0.4 is 10.1 Å². The number of fused-ring (bicyclic) bond motifs is 1. The molecule has 2 unspecified atom stereocenters. The van der Waals surface area contributed by atoms with Crippen molar-refractivity contribution in [3.63, 3.8) is 0 Å². The minimum absolute atomic E-state index is 0.227. The summed E-state index contributed by atoms with van der Waals surface area (Å²) in [4.78, 5) is 11.8. The SMILES string of the molecule is COc1ccc(F)cc1C(C)(CNc1ccc2c(c1)COC2=O)CC(C)(O)Cc1ccc(F)cc1. The van der Waals surface area contributed by atoms with E-state index >= 15 is 0 Å². The molecular weight excluding hydrogens is 452 g/mol. The van der Waals surface area contributed by atoms with Crippen molar-refractivity contribution in [2.24, 2.45) is 0 Å². The summed E-state index contributed by atoms with van der Waals surface area (Å²) >= 11 is 0. The minimum Gasteiger partial charge on any atom is -0.496 e. The minimum atomic E-state index is -1.19. The predicted octanol–water partition coefficient (Wildman–Crippen LogP) is 5.40. The molecule has 5 nitrogen and oxygen atoms in total. The number of hydrogen-bond acceptors (Lipinski definition) is 5. The average Bonchev–Trinajstić information content (AvgIpc) is 3.19. The Kier molecular flexibility index (Phi) is 6.81. The monoisotopic (exact) mass is 481 g/mol. The Morgan fingerprint density at radius 3 is 2.46 bits per heavy atom. The van der Waals surface area contributed by atoms with Crippen LogP contribution in [0, 0.1) is 11.6 Å². The number of hydrogen-bond donors (Lipinski definition) is 2. The molecule has 0 saturated heterocycles. The maximum absolute atomic E-state index is 14.4. The molecule has 0 amide bonds. The molecule has 4 rings (SSSR count). The van der Waals surface area contributed by atoms with Crippen LogP contribution in [-0.4, -0.2) is 30.3 Å². The van der Waals surface area contributed by atoms with Crippen LogP contribution in [0.5, 0.6) is 5.75 Å². The molecule has 0 aliphatic carbocycles. The van der Waals surface area contributed by atoms with Crippen molar-refractivity contribution in [2.45, 2.75) is 44.3 Å². The molecule has 7 heteroatoms. The molecule has 0 bridgehead atoms. The molecule has 1 aliphatic heterocycles. The van der Waals surface area contributed by atoms with Crippen molar-refractivity contribution < 1.29 is 28.2 Å². The number of carbonyl (C=O) groups is 1. The maximum atomic E-state index is 14.4. The van der Waals surface area contributed by atoms with E-state index in [4.69, 9.17) is 9.47 Å². The lowest BCUT2D eigenvalue weighted by Gasteiger charge is -2.38. The van der Waals surface area contributed by atoms with Gasteiger partial charge in [0.25, 0.3) is 0 Å². The Bertz CT molecular complexity index is 1230. The molecule has 3 aromatic carbocycles. The van der Waals surface area contributed by atoms with Crippen molar-refractivity contribution in [3.8, 4) is 5.75 Å². The van der Waals surface area contributed by atoms with Crippen molar-refractivity contribution in [1.29, 1.82) is 0 Å². The zero-order valence-electron chi connectivity index (χ0n) is 20.0. The molecule has 35 heavy (non-hydrogen) atoms. The average molecular weight is 482 g/mol. The van der Waals surface area contributed by atoms with Gasteiger partial charge in [0, 0.05) is 35.2 Å². The largest absolute Gasteiger partial charge is 0.496 e. The summed E-state index contributed by atoms with van der Waals surface area (Å²) in [6, 6.07) is 15.8. The Hall–Kier alpha value is -3.45. The summed E-state index contributed by atoms with van der Waals surface area (Å²) in [5, 5.41) is 14.8. The van der Waals surface area contributed by atoms with Gasteiger partial charge in [-0.2, -0.15) is 0 Å². The third kappa shape index (κ3) is 5.62. The van der Waals surface area contributed by atoms with Crippen molar-refractivity contribution in [2.75, 3.05) is 19.0 Å². The van der Waals surface area contributed by atoms with E-state index in [-0.39, 0.29) is 24.8 Å². The van der Waals surface area contributed by atoms with E-state index < -0.39 is 16.8 Å². The van der Waals surface area contributed by atoms with Crippen LogP contribution in [0.3, 0.4) is 0 Å². The van der Waals surface area contributed by atoms with Crippen LogP contribution in [0.4, 0.5) is 14.5 Å². The molecule has 0 radical (unpaired) electrons. The third-order valence-corrected chi connectivity index (χ3v) is 6.45. The van der Waals surface area contributed by atoms with Gasteiger partial charge < -0.3 is 19.9 Å². The maximum Gasteiger partial charge on any atom is 0.338 e. The molecular formula is C28H29F2NO4. The van der Waals surface area contributed by atoms with E-state index in [0.717, 1.165) is 16.8 Å². The number of carbonyl (C=O) groups excluding carboxylic acids is 1. The second-order valence-corrected chi connectivity index (χ2v) is 9.68. The van der Waals surface area contributed by atoms with Gasteiger partial charge in [0.1, 0.15) is 24.0 Å². The van der Waals surface area contributed by atoms with Crippen LogP contribution in [-0.2, 0) is 23.2 Å². The van der Waals surface area contributed by atoms with Gasteiger partial charge in [-0.25, -0.2) is 13.6 Å². The summed E-state index contributed by atoms with van der Waals surface area (Å²) < 4.78 is 38.3. The number of rotatable bonds is 9. The van der Waals surface area contributed by atoms with E-state index in [9.17, 15) is 18.7 Å². The smallest absolute Gasteiger partial charge is 0.338 e. The molecule has 2 N–H and O–H groups in total. The Morgan fingerprint density at radius 1 is 1.03 bits per heavy atom. The fraction of sp³-hybridized carbons (Fsp3) is 0.321. The van der Waals surface area contributed by atoms with Crippen LogP contribution >= 0.6 is 0 Å². The first-order valence-electron chi connectivity index (χ1n) is 11.4. The summed E-state index contributed by atoms with van der Waals surface area (Å²) in [5.41, 5.74) is 1.58. The lowest BCUT2D eigenvalue weighted by molar-refractivity contribution is 0.0302. The number of esters is 1. The number of aliphatic hydroxyl groups is 1. The zero-order chi connectivity index (χ0) is 25.2. The van der Waals surface area contributed by atoms with Crippen LogP contribution in [0.15, 0.2) is 60.7 Å². The number of anilines is 1. The Morgan fingerprint density at radius 2 is 1.74 bits per heavy atom. The third-order valence-electron chi connectivity index (χ3n) is 6.45. The van der Waals surface area contributed by atoms with Gasteiger partial charge in [-0.3, -0.25) is 0 Å². The standard InChI is InChI=1S/C28H29F2NO4/c1-27(24-13-21(30)8-11-25(24)34-3,16-28(2,33)14-18-4-6-20(29)7-5-18)17-31-22-9-10-23-19(12-22)15-35-26(23)32/h4-13,31,33H,14-17H2,1-3H3. The van der Waals surface area contributed by atoms with Crippen LogP contribution in [0.25, 0.3) is 0 Å². The fourth-order valence-corrected chi connectivity index (χ4v) is 4.89. The Labute approximate surface area is 203 Å². The number of methoxy groups -OCH3 is 1. The molecule has 184 valence electrons. The fourth-order valence-electron chi connectivity index (χ4n) is 4.89. The first-order valence-corrected chi connectivity index (χ1v) is 11.4. The predicted molar refractivity (Wildman–Crippen MR) is 130 cm³/mol. The van der Waals surface area contributed by atoms with Gasteiger partial charge in [-0.05, 0) is 67.4 Å². The van der Waals surface area contributed by atoms with Gasteiger partial charge in [-0.1, -0.05) is 19.1 Å². The molecule has 0 spiro atoms. The Balaban J connectivity index is 1.63. The normalized spacial score (nSPS) is 16.1. The number of benzene rings is 3. The number of halogens is 2. The first kappa shape index (κ1) is 24.7. The summed E-state index contributed by atoms with van der Waals surface area (Å²) in [6.45, 7) is 4.24. The van der Waals surface area contributed by atoms with E-state index in [0.29, 0.717) is 29.8 Å². The lowest BCUT2D eigenvalue weighted by atomic mass is 9.72. The topological polar surface area (TPSA) is 67.8 Å². The molecule has 1 heterocycles. The molecule has 1 aliphatic rings. The van der Waals surface area contributed by atoms with Crippen LogP contribution in [0.1, 0.15) is 47.3 Å². The van der Waals surface area contributed by atoms with E-state index in [1.807, 2.05) is 13.0 Å². The summed E-state index contributed by atoms with van der Waals surface area (Å²) in [6.07, 6.45) is 0.551. The zero-order valence-corrected chi connectivity index (χ0v) is 20.0. The van der Waals surface area contributed by atoms with Gasteiger partial charge in [0.2, 0.25) is 0 Å². The molecule has 0 aromatic heterocycles. The van der Waals surface area contributed by atoms with E-state index in [1.54, 1.807) is 37.3 Å². The number of cyclic esters (lactones) is 1. The first-order chi connectivity index (χ1) is 16.6. The quantitative estimate of drug-likeness (QED) is 0.401. The second-order valence-electron chi connectivity index (χ2n) is 9.68. The highest BCUT2D eigenvalue weighted by molar-refractivity contribution is 5.93. The highest BCUT2D eigenvalue weighted by Gasteiger charge is 2.38. The van der Waals surface area contributed by atoms with E-state index in [2.05, 4.69) is 5.32 Å². The molecule has 2 atom stereocenters. The highest BCUT2D eigenvalue weighted by atomic mass is 19.1. The molecule has 3 aromatic rings. The second kappa shape index (κ2) is 9.66. The molecule has 0 saturated carbocycles.